The van der Waals surface area contributed by atoms with Gasteiger partial charge >= 0.3 is 11.9 Å². The number of rotatable bonds is 21. The number of esters is 2. The van der Waals surface area contributed by atoms with Crippen molar-refractivity contribution in [3.05, 3.63) is 0 Å². The van der Waals surface area contributed by atoms with E-state index in [1.165, 1.54) is 32.1 Å². The van der Waals surface area contributed by atoms with E-state index in [2.05, 4.69) is 41.5 Å². The van der Waals surface area contributed by atoms with Gasteiger partial charge in [-0.1, -0.05) is 98.8 Å². The van der Waals surface area contributed by atoms with E-state index in [-0.39, 0.29) is 28.7 Å². The van der Waals surface area contributed by atoms with Gasteiger partial charge in [-0.3, -0.25) is 9.59 Å². The van der Waals surface area contributed by atoms with E-state index >= 15 is 0 Å². The number of carbonyl (C=O) groups excluding carboxylic acids is 2. The Morgan fingerprint density at radius 1 is 0.636 bits per heavy atom. The molecule has 0 aliphatic carbocycles. The van der Waals surface area contributed by atoms with Gasteiger partial charge in [-0.25, -0.2) is 0 Å². The molecule has 4 nitrogen and oxygen atoms in total. The highest BCUT2D eigenvalue weighted by atomic mass is 16.5. The molecule has 0 heterocycles. The molecule has 33 heavy (non-hydrogen) atoms. The fourth-order valence-corrected chi connectivity index (χ4v) is 4.63. The number of ether oxygens (including phenoxy) is 2. The molecular weight excluding hydrogens is 412 g/mol. The Kier molecular flexibility index (Phi) is 17.7. The van der Waals surface area contributed by atoms with Crippen LogP contribution in [0, 0.1) is 16.7 Å². The Morgan fingerprint density at radius 2 is 1.12 bits per heavy atom. The number of unbranched alkanes of at least 4 members (excludes halogenated alkanes) is 6. The molecule has 0 radical (unpaired) electrons. The van der Waals surface area contributed by atoms with E-state index in [9.17, 15) is 9.59 Å². The lowest BCUT2D eigenvalue weighted by molar-refractivity contribution is -0.159. The minimum atomic E-state index is -0.382. The van der Waals surface area contributed by atoms with Crippen molar-refractivity contribution in [2.45, 2.75) is 145 Å². The maximum absolute atomic E-state index is 12.9. The highest BCUT2D eigenvalue weighted by Crippen LogP contribution is 2.33. The van der Waals surface area contributed by atoms with Crippen LogP contribution in [0.2, 0.25) is 0 Å². The lowest BCUT2D eigenvalue weighted by Crippen LogP contribution is -2.32. The van der Waals surface area contributed by atoms with E-state index in [0.29, 0.717) is 13.2 Å². The fraction of sp³-hybridized carbons (Fsp3) is 0.931. The van der Waals surface area contributed by atoms with Gasteiger partial charge in [-0.2, -0.15) is 0 Å². The van der Waals surface area contributed by atoms with E-state index in [1.807, 2.05) is 6.92 Å². The Labute approximate surface area is 206 Å². The summed E-state index contributed by atoms with van der Waals surface area (Å²) in [5.41, 5.74) is -0.758. The first-order valence-corrected chi connectivity index (χ1v) is 14.0. The van der Waals surface area contributed by atoms with Crippen molar-refractivity contribution < 1.29 is 19.1 Å². The summed E-state index contributed by atoms with van der Waals surface area (Å²) in [6.45, 7) is 15.6. The van der Waals surface area contributed by atoms with Crippen LogP contribution < -0.4 is 0 Å². The van der Waals surface area contributed by atoms with Gasteiger partial charge in [0.05, 0.1) is 24.0 Å². The summed E-state index contributed by atoms with van der Waals surface area (Å²) in [5, 5.41) is 0. The first-order chi connectivity index (χ1) is 15.7. The van der Waals surface area contributed by atoms with Gasteiger partial charge in [0, 0.05) is 0 Å². The van der Waals surface area contributed by atoms with Crippen molar-refractivity contribution in [2.24, 2.45) is 16.7 Å². The zero-order chi connectivity index (χ0) is 25.2. The van der Waals surface area contributed by atoms with Gasteiger partial charge in [-0.05, 0) is 51.9 Å². The third-order valence-electron chi connectivity index (χ3n) is 7.10. The Morgan fingerprint density at radius 3 is 1.67 bits per heavy atom. The predicted molar refractivity (Wildman–Crippen MR) is 139 cm³/mol. The smallest absolute Gasteiger partial charge is 0.311 e. The fourth-order valence-electron chi connectivity index (χ4n) is 4.63. The summed E-state index contributed by atoms with van der Waals surface area (Å²) in [7, 11) is 0. The SMILES string of the molecule is CCCCCCCCC(C)(CCC)C(=O)OC[C@H](C)CCOC(=O)C(C)(CCC)CCCC. The van der Waals surface area contributed by atoms with Crippen molar-refractivity contribution in [3.63, 3.8) is 0 Å². The molecule has 196 valence electrons. The van der Waals surface area contributed by atoms with Gasteiger partial charge in [0.15, 0.2) is 0 Å². The lowest BCUT2D eigenvalue weighted by atomic mass is 9.80. The van der Waals surface area contributed by atoms with Gasteiger partial charge in [-0.15, -0.1) is 0 Å². The number of hydrogen-bond donors (Lipinski definition) is 0. The first-order valence-electron chi connectivity index (χ1n) is 14.0. The van der Waals surface area contributed by atoms with Crippen molar-refractivity contribution in [2.75, 3.05) is 13.2 Å². The van der Waals surface area contributed by atoms with Crippen molar-refractivity contribution >= 4 is 11.9 Å². The Balaban J connectivity index is 4.45. The molecule has 0 saturated carbocycles. The standard InChI is InChI=1S/C29H56O4/c1-8-12-14-15-16-17-22-29(7,20-11-4)27(31)33-24-25(5)18-23-32-26(30)28(6,19-10-3)21-13-9-2/h25H,8-24H2,1-7H3/t25-,28?,29?/m1/s1. The third kappa shape index (κ3) is 13.4. The van der Waals surface area contributed by atoms with Gasteiger partial charge in [0.2, 0.25) is 0 Å². The molecule has 0 aromatic carbocycles. The quantitative estimate of drug-likeness (QED) is 0.125. The summed E-state index contributed by atoms with van der Waals surface area (Å²) in [5.74, 6) is 0.0445. The van der Waals surface area contributed by atoms with E-state index in [4.69, 9.17) is 9.47 Å². The maximum atomic E-state index is 12.9. The second kappa shape index (κ2) is 18.3. The Bertz CT molecular complexity index is 518. The zero-order valence-corrected chi connectivity index (χ0v) is 23.2. The number of hydrogen-bond acceptors (Lipinski definition) is 4. The summed E-state index contributed by atoms with van der Waals surface area (Å²) in [4.78, 5) is 25.6. The summed E-state index contributed by atoms with van der Waals surface area (Å²) in [6.07, 6.45) is 15.8. The molecular formula is C29H56O4. The van der Waals surface area contributed by atoms with Gasteiger partial charge in [0.25, 0.3) is 0 Å². The molecule has 0 aromatic heterocycles. The molecule has 0 rings (SSSR count). The number of carbonyl (C=O) groups is 2. The molecule has 0 aliphatic heterocycles. The van der Waals surface area contributed by atoms with Crippen LogP contribution in [0.1, 0.15) is 145 Å². The molecule has 0 fully saturated rings. The topological polar surface area (TPSA) is 52.6 Å². The average Bonchev–Trinajstić information content (AvgIpc) is 2.78. The van der Waals surface area contributed by atoms with Crippen molar-refractivity contribution in [1.29, 1.82) is 0 Å². The molecule has 0 aliphatic rings. The molecule has 0 N–H and O–H groups in total. The zero-order valence-electron chi connectivity index (χ0n) is 23.2. The van der Waals surface area contributed by atoms with E-state index in [0.717, 1.165) is 64.2 Å². The highest BCUT2D eigenvalue weighted by molar-refractivity contribution is 5.76. The Hall–Kier alpha value is -1.06. The molecule has 3 atom stereocenters. The summed E-state index contributed by atoms with van der Waals surface area (Å²) in [6, 6.07) is 0. The van der Waals surface area contributed by atoms with Gasteiger partial charge in [0.1, 0.15) is 0 Å². The molecule has 0 aromatic rings. The molecule has 0 bridgehead atoms. The summed E-state index contributed by atoms with van der Waals surface area (Å²) < 4.78 is 11.4. The highest BCUT2D eigenvalue weighted by Gasteiger charge is 2.34. The van der Waals surface area contributed by atoms with Crippen LogP contribution in [0.15, 0.2) is 0 Å². The molecule has 2 unspecified atom stereocenters. The molecule has 4 heteroatoms. The van der Waals surface area contributed by atoms with Crippen LogP contribution >= 0.6 is 0 Å². The van der Waals surface area contributed by atoms with E-state index in [1.54, 1.807) is 0 Å². The third-order valence-corrected chi connectivity index (χ3v) is 7.10. The van der Waals surface area contributed by atoms with Crippen molar-refractivity contribution in [1.82, 2.24) is 0 Å². The van der Waals surface area contributed by atoms with Gasteiger partial charge < -0.3 is 9.47 Å². The average molecular weight is 469 g/mol. The van der Waals surface area contributed by atoms with Crippen LogP contribution in [0.25, 0.3) is 0 Å². The molecule has 0 amide bonds. The summed E-state index contributed by atoms with van der Waals surface area (Å²) >= 11 is 0. The molecule has 0 saturated heterocycles. The second-order valence-corrected chi connectivity index (χ2v) is 10.9. The van der Waals surface area contributed by atoms with Crippen molar-refractivity contribution in [3.8, 4) is 0 Å². The largest absolute Gasteiger partial charge is 0.465 e. The predicted octanol–water partition coefficient (Wildman–Crippen LogP) is 8.65. The second-order valence-electron chi connectivity index (χ2n) is 10.9. The van der Waals surface area contributed by atoms with Crippen LogP contribution in [0.3, 0.4) is 0 Å². The van der Waals surface area contributed by atoms with Crippen LogP contribution in [-0.4, -0.2) is 25.2 Å². The van der Waals surface area contributed by atoms with Crippen LogP contribution in [-0.2, 0) is 19.1 Å². The molecule has 0 spiro atoms. The minimum absolute atomic E-state index is 0.0585. The normalized spacial score (nSPS) is 16.0. The minimum Gasteiger partial charge on any atom is -0.465 e. The van der Waals surface area contributed by atoms with E-state index < -0.39 is 0 Å². The lowest BCUT2D eigenvalue weighted by Gasteiger charge is -2.28. The maximum Gasteiger partial charge on any atom is 0.311 e. The monoisotopic (exact) mass is 468 g/mol. The van der Waals surface area contributed by atoms with Crippen LogP contribution in [0.4, 0.5) is 0 Å². The first kappa shape index (κ1) is 31.9. The van der Waals surface area contributed by atoms with Crippen LogP contribution in [0.5, 0.6) is 0 Å².